The summed E-state index contributed by atoms with van der Waals surface area (Å²) in [4.78, 5) is 24.5. The molecule has 1 aliphatic heterocycles. The maximum absolute atomic E-state index is 14.6. The van der Waals surface area contributed by atoms with Crippen molar-refractivity contribution in [3.8, 4) is 0 Å². The van der Waals surface area contributed by atoms with E-state index in [4.69, 9.17) is 11.6 Å². The van der Waals surface area contributed by atoms with Crippen LogP contribution in [0.15, 0.2) is 16.6 Å². The second kappa shape index (κ2) is 7.53. The van der Waals surface area contributed by atoms with E-state index >= 15 is 0 Å². The number of anilines is 1. The summed E-state index contributed by atoms with van der Waals surface area (Å²) in [6.45, 7) is 3.77. The summed E-state index contributed by atoms with van der Waals surface area (Å²) in [5, 5.41) is 5.12. The molecule has 0 bridgehead atoms. The van der Waals surface area contributed by atoms with Crippen molar-refractivity contribution in [1.29, 1.82) is 0 Å². The van der Waals surface area contributed by atoms with Crippen LogP contribution in [0.3, 0.4) is 0 Å². The van der Waals surface area contributed by atoms with Crippen LogP contribution in [-0.2, 0) is 13.1 Å². The maximum Gasteiger partial charge on any atom is 0.274 e. The monoisotopic (exact) mass is 480 g/mol. The van der Waals surface area contributed by atoms with Gasteiger partial charge < -0.3 is 9.80 Å². The van der Waals surface area contributed by atoms with Crippen LogP contribution in [0.25, 0.3) is 10.9 Å². The molecular formula is C19H19BrClFN6O. The summed E-state index contributed by atoms with van der Waals surface area (Å²) >= 11 is 9.31. The lowest BCUT2D eigenvalue weighted by molar-refractivity contribution is 0.0820. The molecule has 29 heavy (non-hydrogen) atoms. The van der Waals surface area contributed by atoms with E-state index < -0.39 is 5.82 Å². The van der Waals surface area contributed by atoms with Crippen molar-refractivity contribution < 1.29 is 9.18 Å². The minimum atomic E-state index is -0.469. The molecule has 0 fully saturated rings. The minimum absolute atomic E-state index is 0.0116. The molecule has 4 rings (SSSR count). The van der Waals surface area contributed by atoms with E-state index in [2.05, 4.69) is 31.0 Å². The van der Waals surface area contributed by atoms with Crippen molar-refractivity contribution in [3.63, 3.8) is 0 Å². The van der Waals surface area contributed by atoms with E-state index in [1.165, 1.54) is 4.90 Å². The molecule has 0 unspecified atom stereocenters. The smallest absolute Gasteiger partial charge is 0.274 e. The van der Waals surface area contributed by atoms with Crippen molar-refractivity contribution in [3.05, 3.63) is 44.7 Å². The zero-order valence-corrected chi connectivity index (χ0v) is 18.6. The highest BCUT2D eigenvalue weighted by Crippen LogP contribution is 2.32. The predicted molar refractivity (Wildman–Crippen MR) is 113 cm³/mol. The third-order valence-corrected chi connectivity index (χ3v) is 5.86. The predicted octanol–water partition coefficient (Wildman–Crippen LogP) is 3.80. The molecule has 0 spiro atoms. The summed E-state index contributed by atoms with van der Waals surface area (Å²) in [6.07, 6.45) is 0.797. The zero-order chi connectivity index (χ0) is 20.9. The number of hydrogen-bond donors (Lipinski definition) is 0. The molecule has 10 heteroatoms. The lowest BCUT2D eigenvalue weighted by Gasteiger charge is -2.23. The van der Waals surface area contributed by atoms with E-state index in [1.54, 1.807) is 26.2 Å². The molecule has 152 valence electrons. The molecule has 0 aliphatic carbocycles. The Morgan fingerprint density at radius 3 is 2.76 bits per heavy atom. The van der Waals surface area contributed by atoms with Gasteiger partial charge in [-0.05, 0) is 53.0 Å². The summed E-state index contributed by atoms with van der Waals surface area (Å²) < 4.78 is 16.8. The molecule has 7 nitrogen and oxygen atoms in total. The van der Waals surface area contributed by atoms with Gasteiger partial charge in [-0.25, -0.2) is 9.37 Å². The van der Waals surface area contributed by atoms with Gasteiger partial charge in [0.1, 0.15) is 11.3 Å². The number of aryl methyl sites for hydroxylation is 1. The molecule has 0 saturated carbocycles. The van der Waals surface area contributed by atoms with E-state index in [0.717, 1.165) is 17.7 Å². The number of nitrogens with zero attached hydrogens (tertiary/aromatic N) is 6. The van der Waals surface area contributed by atoms with Crippen molar-refractivity contribution in [2.45, 2.75) is 26.4 Å². The van der Waals surface area contributed by atoms with Gasteiger partial charge in [0.25, 0.3) is 5.91 Å². The van der Waals surface area contributed by atoms with E-state index in [-0.39, 0.29) is 16.7 Å². The standard InChI is InChI=1S/C19H19BrClFN6O/c1-10-13-9-27(7-4-8-28(13)25-15(10)18(29)26(2)3)17-11-5-6-12(20)14(22)16(11)23-19(21)24-17/h5-6H,4,7-9H2,1-3H3. The van der Waals surface area contributed by atoms with Crippen LogP contribution in [-0.4, -0.2) is 51.2 Å². The molecule has 1 amide bonds. The second-order valence-corrected chi connectivity index (χ2v) is 8.38. The van der Waals surface area contributed by atoms with E-state index in [0.29, 0.717) is 41.0 Å². The molecule has 0 N–H and O–H groups in total. The molecule has 1 aromatic carbocycles. The average molecular weight is 482 g/mol. The molecule has 0 atom stereocenters. The maximum atomic E-state index is 14.6. The van der Waals surface area contributed by atoms with Crippen LogP contribution in [0.4, 0.5) is 10.2 Å². The highest BCUT2D eigenvalue weighted by atomic mass is 79.9. The number of aromatic nitrogens is 4. The normalized spacial score (nSPS) is 14.1. The molecule has 0 saturated heterocycles. The van der Waals surface area contributed by atoms with Gasteiger partial charge in [-0.3, -0.25) is 9.48 Å². The summed E-state index contributed by atoms with van der Waals surface area (Å²) in [5.41, 5.74) is 2.40. The molecule has 3 aromatic rings. The first-order valence-corrected chi connectivity index (χ1v) is 10.3. The van der Waals surface area contributed by atoms with Crippen molar-refractivity contribution in [2.24, 2.45) is 0 Å². The van der Waals surface area contributed by atoms with Gasteiger partial charge in [-0.1, -0.05) is 0 Å². The fraction of sp³-hybridized carbons (Fsp3) is 0.368. The number of fused-ring (bicyclic) bond motifs is 2. The van der Waals surface area contributed by atoms with Crippen LogP contribution in [0.1, 0.15) is 28.2 Å². The van der Waals surface area contributed by atoms with Gasteiger partial charge in [-0.2, -0.15) is 10.1 Å². The van der Waals surface area contributed by atoms with Crippen LogP contribution in [0.5, 0.6) is 0 Å². The summed E-state index contributed by atoms with van der Waals surface area (Å²) in [5.74, 6) is -0.0269. The zero-order valence-electron chi connectivity index (χ0n) is 16.2. The fourth-order valence-corrected chi connectivity index (χ4v) is 4.06. The van der Waals surface area contributed by atoms with Crippen LogP contribution in [0, 0.1) is 12.7 Å². The van der Waals surface area contributed by atoms with Gasteiger partial charge in [0.15, 0.2) is 11.5 Å². The van der Waals surface area contributed by atoms with Crippen molar-refractivity contribution in [1.82, 2.24) is 24.6 Å². The average Bonchev–Trinajstić information content (AvgIpc) is 2.86. The number of carbonyl (C=O) groups is 1. The molecular weight excluding hydrogens is 463 g/mol. The summed E-state index contributed by atoms with van der Waals surface area (Å²) in [7, 11) is 3.42. The van der Waals surface area contributed by atoms with Gasteiger partial charge >= 0.3 is 0 Å². The Morgan fingerprint density at radius 1 is 1.28 bits per heavy atom. The van der Waals surface area contributed by atoms with Gasteiger partial charge in [0.2, 0.25) is 5.28 Å². The second-order valence-electron chi connectivity index (χ2n) is 7.19. The number of carbonyl (C=O) groups excluding carboxylic acids is 1. The quantitative estimate of drug-likeness (QED) is 0.521. The Labute approximate surface area is 180 Å². The largest absolute Gasteiger partial charge is 0.350 e. The third kappa shape index (κ3) is 3.46. The number of halogens is 3. The highest BCUT2D eigenvalue weighted by Gasteiger charge is 2.26. The van der Waals surface area contributed by atoms with Crippen molar-refractivity contribution >= 4 is 50.2 Å². The Balaban J connectivity index is 1.81. The highest BCUT2D eigenvalue weighted by molar-refractivity contribution is 9.10. The molecule has 3 heterocycles. The van der Waals surface area contributed by atoms with E-state index in [9.17, 15) is 9.18 Å². The Morgan fingerprint density at radius 2 is 2.03 bits per heavy atom. The lowest BCUT2D eigenvalue weighted by atomic mass is 10.1. The first kappa shape index (κ1) is 20.0. The van der Waals surface area contributed by atoms with E-state index in [1.807, 2.05) is 16.5 Å². The first-order chi connectivity index (χ1) is 13.8. The van der Waals surface area contributed by atoms with Gasteiger partial charge in [-0.15, -0.1) is 0 Å². The number of rotatable bonds is 2. The fourth-order valence-electron chi connectivity index (χ4n) is 3.57. The topological polar surface area (TPSA) is 67.2 Å². The van der Waals surface area contributed by atoms with Crippen molar-refractivity contribution in [2.75, 3.05) is 25.5 Å². The van der Waals surface area contributed by atoms with Crippen LogP contribution >= 0.6 is 27.5 Å². The number of benzene rings is 1. The van der Waals surface area contributed by atoms with Crippen LogP contribution in [0.2, 0.25) is 5.28 Å². The SMILES string of the molecule is Cc1c(C(=O)N(C)C)nn2c1CN(c1nc(Cl)nc3c(F)c(Br)ccc13)CCC2. The number of amides is 1. The number of hydrogen-bond acceptors (Lipinski definition) is 5. The molecule has 2 aromatic heterocycles. The minimum Gasteiger partial charge on any atom is -0.350 e. The Hall–Kier alpha value is -2.26. The summed E-state index contributed by atoms with van der Waals surface area (Å²) in [6, 6.07) is 3.42. The Bertz CT molecular complexity index is 1130. The van der Waals surface area contributed by atoms with Crippen LogP contribution < -0.4 is 4.90 Å². The van der Waals surface area contributed by atoms with Gasteiger partial charge in [0.05, 0.1) is 16.7 Å². The third-order valence-electron chi connectivity index (χ3n) is 5.08. The Kier molecular flexibility index (Phi) is 5.20. The lowest BCUT2D eigenvalue weighted by Crippen LogP contribution is -2.25. The molecule has 0 radical (unpaired) electrons. The van der Waals surface area contributed by atoms with Gasteiger partial charge in [0, 0.05) is 38.1 Å². The first-order valence-electron chi connectivity index (χ1n) is 9.12. The molecule has 1 aliphatic rings.